The van der Waals surface area contributed by atoms with Crippen LogP contribution in [0, 0.1) is 13.8 Å². The van der Waals surface area contributed by atoms with Gasteiger partial charge in [-0.3, -0.25) is 9.88 Å². The molecule has 8 nitrogen and oxygen atoms in total. The molecule has 0 aliphatic heterocycles. The van der Waals surface area contributed by atoms with Crippen molar-refractivity contribution in [3.8, 4) is 0 Å². The first-order valence-electron chi connectivity index (χ1n) is 9.14. The summed E-state index contributed by atoms with van der Waals surface area (Å²) in [4.78, 5) is 28.1. The maximum absolute atomic E-state index is 12.3. The van der Waals surface area contributed by atoms with Crippen LogP contribution in [0.15, 0.2) is 53.5 Å². The SMILES string of the molecule is Cc1cc(C)n(CCNC(=O)Nc2ccnn2[C@H](C)c2ccccc2)c(=O)n1. The molecule has 0 unspecified atom stereocenters. The topological polar surface area (TPSA) is 93.8 Å². The van der Waals surface area contributed by atoms with E-state index >= 15 is 0 Å². The third kappa shape index (κ3) is 4.46. The number of nitrogens with zero attached hydrogens (tertiary/aromatic N) is 4. The van der Waals surface area contributed by atoms with E-state index in [0.29, 0.717) is 24.6 Å². The summed E-state index contributed by atoms with van der Waals surface area (Å²) in [6.45, 7) is 6.31. The number of rotatable bonds is 6. The average molecular weight is 380 g/mol. The van der Waals surface area contributed by atoms with E-state index in [-0.39, 0.29) is 17.8 Å². The third-order valence-electron chi connectivity index (χ3n) is 4.53. The highest BCUT2D eigenvalue weighted by Crippen LogP contribution is 2.21. The van der Waals surface area contributed by atoms with Crippen LogP contribution in [-0.2, 0) is 6.54 Å². The van der Waals surface area contributed by atoms with Gasteiger partial charge in [-0.1, -0.05) is 30.3 Å². The van der Waals surface area contributed by atoms with Crippen LogP contribution in [0.4, 0.5) is 10.6 Å². The molecule has 0 saturated heterocycles. The van der Waals surface area contributed by atoms with Crippen molar-refractivity contribution in [2.45, 2.75) is 33.4 Å². The van der Waals surface area contributed by atoms with Crippen molar-refractivity contribution < 1.29 is 4.79 Å². The number of aryl methyl sites for hydroxylation is 2. The first-order chi connectivity index (χ1) is 13.5. The Balaban J connectivity index is 1.59. The molecule has 1 aromatic carbocycles. The van der Waals surface area contributed by atoms with Gasteiger partial charge in [0.25, 0.3) is 0 Å². The smallest absolute Gasteiger partial charge is 0.336 e. The van der Waals surface area contributed by atoms with E-state index in [2.05, 4.69) is 20.7 Å². The molecule has 0 bridgehead atoms. The molecule has 0 spiro atoms. The Kier molecular flexibility index (Phi) is 5.88. The summed E-state index contributed by atoms with van der Waals surface area (Å²) in [5.41, 5.74) is 2.28. The number of hydrogen-bond acceptors (Lipinski definition) is 4. The van der Waals surface area contributed by atoms with Crippen molar-refractivity contribution in [1.82, 2.24) is 24.6 Å². The summed E-state index contributed by atoms with van der Waals surface area (Å²) in [6, 6.07) is 13.2. The predicted octanol–water partition coefficient (Wildman–Crippen LogP) is 2.49. The molecule has 2 amide bonds. The van der Waals surface area contributed by atoms with E-state index in [9.17, 15) is 9.59 Å². The Morgan fingerprint density at radius 2 is 1.93 bits per heavy atom. The molecule has 0 aliphatic carbocycles. The number of carbonyl (C=O) groups is 1. The fourth-order valence-electron chi connectivity index (χ4n) is 3.08. The van der Waals surface area contributed by atoms with Gasteiger partial charge in [-0.05, 0) is 32.4 Å². The maximum Gasteiger partial charge on any atom is 0.348 e. The monoisotopic (exact) mass is 380 g/mol. The molecule has 28 heavy (non-hydrogen) atoms. The Morgan fingerprint density at radius 1 is 1.18 bits per heavy atom. The minimum Gasteiger partial charge on any atom is -0.336 e. The highest BCUT2D eigenvalue weighted by Gasteiger charge is 2.14. The van der Waals surface area contributed by atoms with Gasteiger partial charge < -0.3 is 5.32 Å². The van der Waals surface area contributed by atoms with Gasteiger partial charge >= 0.3 is 11.7 Å². The Bertz CT molecular complexity index is 1010. The standard InChI is InChI=1S/C20H24N6O2/c1-14-13-15(2)25(20(28)23-14)12-11-21-19(27)24-18-9-10-22-26(18)16(3)17-7-5-4-6-8-17/h4-10,13,16H,11-12H2,1-3H3,(H2,21,24,27)/t16-/m1/s1. The molecule has 0 fully saturated rings. The van der Waals surface area contributed by atoms with Gasteiger partial charge in [0, 0.05) is 30.5 Å². The molecule has 2 aromatic heterocycles. The fraction of sp³-hybridized carbons (Fsp3) is 0.300. The average Bonchev–Trinajstić information content (AvgIpc) is 3.12. The van der Waals surface area contributed by atoms with Crippen molar-refractivity contribution in [3.63, 3.8) is 0 Å². The second-order valence-corrected chi connectivity index (χ2v) is 6.60. The molecule has 0 radical (unpaired) electrons. The lowest BCUT2D eigenvalue weighted by molar-refractivity contribution is 0.251. The number of hydrogen-bond donors (Lipinski definition) is 2. The van der Waals surface area contributed by atoms with Gasteiger partial charge in [0.2, 0.25) is 0 Å². The molecule has 3 aromatic rings. The van der Waals surface area contributed by atoms with Crippen molar-refractivity contribution in [1.29, 1.82) is 0 Å². The van der Waals surface area contributed by atoms with Gasteiger partial charge in [-0.15, -0.1) is 0 Å². The Morgan fingerprint density at radius 3 is 2.64 bits per heavy atom. The van der Waals surface area contributed by atoms with E-state index in [1.54, 1.807) is 23.9 Å². The minimum atomic E-state index is -0.354. The van der Waals surface area contributed by atoms with Gasteiger partial charge in [-0.2, -0.15) is 10.1 Å². The molecule has 8 heteroatoms. The molecular formula is C20H24N6O2. The summed E-state index contributed by atoms with van der Waals surface area (Å²) in [7, 11) is 0. The van der Waals surface area contributed by atoms with Crippen LogP contribution in [-0.4, -0.2) is 31.9 Å². The Hall–Kier alpha value is -3.42. The van der Waals surface area contributed by atoms with Crippen LogP contribution < -0.4 is 16.3 Å². The zero-order valence-corrected chi connectivity index (χ0v) is 16.2. The van der Waals surface area contributed by atoms with Crippen LogP contribution in [0.25, 0.3) is 0 Å². The van der Waals surface area contributed by atoms with Gasteiger partial charge in [0.05, 0.1) is 12.2 Å². The molecule has 3 rings (SSSR count). The minimum absolute atomic E-state index is 0.0219. The molecular weight excluding hydrogens is 356 g/mol. The van der Waals surface area contributed by atoms with Crippen molar-refractivity contribution >= 4 is 11.8 Å². The molecule has 146 valence electrons. The van der Waals surface area contributed by atoms with Gasteiger partial charge in [0.15, 0.2) is 0 Å². The second-order valence-electron chi connectivity index (χ2n) is 6.60. The summed E-state index contributed by atoms with van der Waals surface area (Å²) in [6.07, 6.45) is 1.65. The van der Waals surface area contributed by atoms with Gasteiger partial charge in [0.1, 0.15) is 5.82 Å². The molecule has 1 atom stereocenters. The van der Waals surface area contributed by atoms with E-state index in [4.69, 9.17) is 0 Å². The number of amides is 2. The molecule has 2 heterocycles. The van der Waals surface area contributed by atoms with E-state index in [1.807, 2.05) is 50.2 Å². The summed E-state index contributed by atoms with van der Waals surface area (Å²) >= 11 is 0. The van der Waals surface area contributed by atoms with Crippen LogP contribution in [0.3, 0.4) is 0 Å². The lowest BCUT2D eigenvalue weighted by Crippen LogP contribution is -2.35. The molecule has 2 N–H and O–H groups in total. The number of aromatic nitrogens is 4. The third-order valence-corrected chi connectivity index (χ3v) is 4.53. The lowest BCUT2D eigenvalue weighted by atomic mass is 10.1. The first-order valence-corrected chi connectivity index (χ1v) is 9.14. The zero-order valence-electron chi connectivity index (χ0n) is 16.2. The summed E-state index contributed by atoms with van der Waals surface area (Å²) in [5.74, 6) is 0.596. The van der Waals surface area contributed by atoms with E-state index in [0.717, 1.165) is 11.3 Å². The number of carbonyl (C=O) groups excluding carboxylic acids is 1. The molecule has 0 saturated carbocycles. The lowest BCUT2D eigenvalue weighted by Gasteiger charge is -2.17. The quantitative estimate of drug-likeness (QED) is 0.687. The second kappa shape index (κ2) is 8.51. The normalized spacial score (nSPS) is 11.8. The highest BCUT2D eigenvalue weighted by molar-refractivity contribution is 5.88. The van der Waals surface area contributed by atoms with Crippen LogP contribution in [0.2, 0.25) is 0 Å². The maximum atomic E-state index is 12.3. The van der Waals surface area contributed by atoms with E-state index < -0.39 is 0 Å². The number of anilines is 1. The fourth-order valence-corrected chi connectivity index (χ4v) is 3.08. The van der Waals surface area contributed by atoms with E-state index in [1.165, 1.54) is 4.57 Å². The zero-order chi connectivity index (χ0) is 20.1. The van der Waals surface area contributed by atoms with Crippen LogP contribution in [0.1, 0.15) is 29.9 Å². The van der Waals surface area contributed by atoms with Crippen LogP contribution in [0.5, 0.6) is 0 Å². The number of urea groups is 1. The first kappa shape index (κ1) is 19.3. The number of benzene rings is 1. The number of nitrogens with one attached hydrogen (secondary N) is 2. The Labute approximate surface area is 163 Å². The van der Waals surface area contributed by atoms with Crippen molar-refractivity contribution in [3.05, 3.63) is 76.1 Å². The summed E-state index contributed by atoms with van der Waals surface area (Å²) in [5, 5.41) is 9.90. The predicted molar refractivity (Wildman–Crippen MR) is 107 cm³/mol. The van der Waals surface area contributed by atoms with Crippen LogP contribution >= 0.6 is 0 Å². The summed E-state index contributed by atoms with van der Waals surface area (Å²) < 4.78 is 3.29. The molecule has 0 aliphatic rings. The van der Waals surface area contributed by atoms with Crippen molar-refractivity contribution in [2.75, 3.05) is 11.9 Å². The van der Waals surface area contributed by atoms with Gasteiger partial charge in [-0.25, -0.2) is 14.3 Å². The largest absolute Gasteiger partial charge is 0.348 e. The van der Waals surface area contributed by atoms with Crippen molar-refractivity contribution in [2.24, 2.45) is 0 Å². The highest BCUT2D eigenvalue weighted by atomic mass is 16.2.